The first-order valence-electron chi connectivity index (χ1n) is 21.5. The molecule has 0 spiro atoms. The molecule has 7 N–H and O–H groups in total. The van der Waals surface area contributed by atoms with E-state index in [2.05, 4.69) is 0 Å². The van der Waals surface area contributed by atoms with E-state index in [1.165, 1.54) is 0 Å². The minimum atomic E-state index is -1.25. The molecule has 0 fully saturated rings. The standard InChI is InChI=1S/C49H76O11/c1-34(23-17-13-11-9-8-10-12-14-20-29-42(51)35(2)25-21-30-46(54)55)31-43(52)37(4)45-32-40(50)26-22-28-41(59-7)27-19-16-15-18-24-36(3)48(57)39(6)49(58)38(5)44(53)33-47(56)60-45/h8-20,23,25,31,36-45,48-53,57-58H,21-22,24,26-30,32-33H2,1-7H3,(H,54,55)/b9-8+,12-10+,13-11+,18-15-,19-16?,20-14+,23-17+,34-31+,35-25+/t36-,37+,38+,39-,40+,41+,42-,43+,44+,45-,48+,49-/m0/s1. The molecule has 0 radical (unpaired) electrons. The van der Waals surface area contributed by atoms with Gasteiger partial charge in [-0.15, -0.1) is 0 Å². The van der Waals surface area contributed by atoms with Crippen molar-refractivity contribution in [2.24, 2.45) is 23.7 Å². The maximum Gasteiger partial charge on any atom is 0.308 e. The smallest absolute Gasteiger partial charge is 0.308 e. The van der Waals surface area contributed by atoms with Gasteiger partial charge in [-0.2, -0.15) is 0 Å². The zero-order valence-corrected chi connectivity index (χ0v) is 37.0. The summed E-state index contributed by atoms with van der Waals surface area (Å²) in [6, 6.07) is 0. The number of rotatable bonds is 15. The number of hydrogen-bond donors (Lipinski definition) is 7. The lowest BCUT2D eigenvalue weighted by atomic mass is 9.81. The highest BCUT2D eigenvalue weighted by Gasteiger charge is 2.35. The van der Waals surface area contributed by atoms with Crippen molar-refractivity contribution in [3.8, 4) is 0 Å². The average molecular weight is 841 g/mol. The van der Waals surface area contributed by atoms with E-state index < -0.39 is 78.8 Å². The molecular weight excluding hydrogens is 765 g/mol. The molecule has 60 heavy (non-hydrogen) atoms. The van der Waals surface area contributed by atoms with Crippen molar-refractivity contribution in [1.29, 1.82) is 0 Å². The van der Waals surface area contributed by atoms with Gasteiger partial charge < -0.3 is 45.2 Å². The highest BCUT2D eigenvalue weighted by molar-refractivity contribution is 5.70. The lowest BCUT2D eigenvalue weighted by Crippen LogP contribution is -2.42. The Hall–Kier alpha value is -3.68. The van der Waals surface area contributed by atoms with E-state index in [0.717, 1.165) is 17.6 Å². The Morgan fingerprint density at radius 3 is 2.13 bits per heavy atom. The Morgan fingerprint density at radius 1 is 0.883 bits per heavy atom. The lowest BCUT2D eigenvalue weighted by molar-refractivity contribution is -0.159. The van der Waals surface area contributed by atoms with E-state index in [4.69, 9.17) is 14.6 Å². The van der Waals surface area contributed by atoms with Crippen LogP contribution in [-0.2, 0) is 19.1 Å². The molecule has 0 amide bonds. The fourth-order valence-corrected chi connectivity index (χ4v) is 6.81. The minimum absolute atomic E-state index is 0.0372. The minimum Gasteiger partial charge on any atom is -0.481 e. The molecule has 11 heteroatoms. The number of esters is 1. The molecule has 0 bridgehead atoms. The number of aliphatic carboxylic acids is 1. The van der Waals surface area contributed by atoms with Crippen molar-refractivity contribution in [2.75, 3.05) is 7.11 Å². The van der Waals surface area contributed by atoms with Crippen LogP contribution in [0, 0.1) is 23.7 Å². The number of ether oxygens (including phenoxy) is 2. The maximum atomic E-state index is 13.3. The second kappa shape index (κ2) is 31.2. The highest BCUT2D eigenvalue weighted by atomic mass is 16.5. The lowest BCUT2D eigenvalue weighted by Gasteiger charge is -2.33. The Labute approximate surface area is 359 Å². The van der Waals surface area contributed by atoms with Gasteiger partial charge in [-0.3, -0.25) is 9.59 Å². The predicted molar refractivity (Wildman–Crippen MR) is 239 cm³/mol. The zero-order valence-electron chi connectivity index (χ0n) is 37.0. The topological polar surface area (TPSA) is 194 Å². The zero-order chi connectivity index (χ0) is 45.0. The summed E-state index contributed by atoms with van der Waals surface area (Å²) < 4.78 is 11.5. The summed E-state index contributed by atoms with van der Waals surface area (Å²) in [7, 11) is 1.66. The Balaban J connectivity index is 2.98. The molecule has 0 unspecified atom stereocenters. The van der Waals surface area contributed by atoms with Crippen LogP contribution in [-0.4, -0.2) is 104 Å². The summed E-state index contributed by atoms with van der Waals surface area (Å²) in [5, 5.41) is 74.3. The summed E-state index contributed by atoms with van der Waals surface area (Å²) >= 11 is 0. The molecule has 1 aliphatic rings. The van der Waals surface area contributed by atoms with E-state index in [1.54, 1.807) is 47.0 Å². The summed E-state index contributed by atoms with van der Waals surface area (Å²) in [5.74, 6) is -3.64. The molecule has 0 saturated carbocycles. The molecule has 11 nitrogen and oxygen atoms in total. The number of allylic oxidation sites excluding steroid dienone is 14. The van der Waals surface area contributed by atoms with Gasteiger partial charge in [0.05, 0.1) is 49.1 Å². The number of aliphatic hydroxyl groups excluding tert-OH is 6. The molecule has 12 atom stereocenters. The SMILES string of the molecule is CO[C@@H]1CC=C/C=C\C[C@H](C)[C@@H](O)[C@H](C)[C@@H](O)[C@H](C)[C@H](O)CC(=O)O[C@H]([C@H](C)[C@H](O)/C=C(C)/C=C/C=C/C=C/C=C/C=C/C[C@H](O)/C(C)=C/CCC(=O)O)C[C@H](O)CCC1. The van der Waals surface area contributed by atoms with Crippen LogP contribution in [0.3, 0.4) is 0 Å². The first-order chi connectivity index (χ1) is 28.5. The van der Waals surface area contributed by atoms with Crippen LogP contribution in [0.25, 0.3) is 0 Å². The number of carbonyl (C=O) groups excluding carboxylic acids is 1. The average Bonchev–Trinajstić information content (AvgIpc) is 3.20. The molecule has 1 rings (SSSR count). The second-order valence-corrected chi connectivity index (χ2v) is 16.3. The number of carboxylic acid groups (broad SMARTS) is 1. The quantitative estimate of drug-likeness (QED) is 0.0493. The molecule has 0 saturated heterocycles. The molecule has 338 valence electrons. The van der Waals surface area contributed by atoms with E-state index in [0.29, 0.717) is 38.5 Å². The number of methoxy groups -OCH3 is 1. The monoisotopic (exact) mass is 841 g/mol. The third kappa shape index (κ3) is 23.4. The van der Waals surface area contributed by atoms with Gasteiger partial charge in [0.15, 0.2) is 0 Å². The van der Waals surface area contributed by atoms with Crippen LogP contribution in [0.4, 0.5) is 0 Å². The summed E-state index contributed by atoms with van der Waals surface area (Å²) in [6.07, 6.45) is 26.8. The van der Waals surface area contributed by atoms with Gasteiger partial charge in [-0.1, -0.05) is 130 Å². The van der Waals surface area contributed by atoms with Crippen molar-refractivity contribution >= 4 is 11.9 Å². The predicted octanol–water partition coefficient (Wildman–Crippen LogP) is 7.41. The van der Waals surface area contributed by atoms with Crippen molar-refractivity contribution in [2.45, 2.75) is 155 Å². The first-order valence-corrected chi connectivity index (χ1v) is 21.5. The number of hydrogen-bond acceptors (Lipinski definition) is 10. The van der Waals surface area contributed by atoms with Gasteiger partial charge >= 0.3 is 11.9 Å². The molecular formula is C49H76O11. The summed E-state index contributed by atoms with van der Waals surface area (Å²) in [6.45, 7) is 10.6. The van der Waals surface area contributed by atoms with Crippen LogP contribution < -0.4 is 0 Å². The Bertz CT molecular complexity index is 1500. The normalized spacial score (nSPS) is 30.4. The Morgan fingerprint density at radius 2 is 1.50 bits per heavy atom. The number of carboxylic acids is 1. The Kier molecular flexibility index (Phi) is 28.3. The summed E-state index contributed by atoms with van der Waals surface area (Å²) in [4.78, 5) is 23.9. The third-order valence-electron chi connectivity index (χ3n) is 11.2. The van der Waals surface area contributed by atoms with Crippen LogP contribution in [0.15, 0.2) is 108 Å². The number of aliphatic hydroxyl groups is 6. The molecule has 1 heterocycles. The molecule has 1 aliphatic heterocycles. The molecule has 0 aromatic carbocycles. The van der Waals surface area contributed by atoms with Crippen molar-refractivity contribution in [3.63, 3.8) is 0 Å². The molecule has 0 aliphatic carbocycles. The molecule has 0 aromatic heterocycles. The second-order valence-electron chi connectivity index (χ2n) is 16.3. The fraction of sp³-hybridized carbons (Fsp3) is 0.592. The van der Waals surface area contributed by atoms with E-state index in [9.17, 15) is 40.2 Å². The highest BCUT2D eigenvalue weighted by Crippen LogP contribution is 2.28. The fourth-order valence-electron chi connectivity index (χ4n) is 6.81. The van der Waals surface area contributed by atoms with Crippen LogP contribution in [0.5, 0.6) is 0 Å². The number of carbonyl (C=O) groups is 2. The van der Waals surface area contributed by atoms with Gasteiger partial charge in [0, 0.05) is 37.7 Å². The first kappa shape index (κ1) is 54.3. The molecule has 0 aromatic rings. The van der Waals surface area contributed by atoms with Crippen LogP contribution >= 0.6 is 0 Å². The van der Waals surface area contributed by atoms with E-state index in [-0.39, 0.29) is 24.9 Å². The maximum absolute atomic E-state index is 13.3. The van der Waals surface area contributed by atoms with Crippen molar-refractivity contribution < 1.29 is 54.8 Å². The summed E-state index contributed by atoms with van der Waals surface area (Å²) in [5.41, 5.74) is 1.52. The van der Waals surface area contributed by atoms with Gasteiger partial charge in [-0.05, 0) is 70.3 Å². The largest absolute Gasteiger partial charge is 0.481 e. The van der Waals surface area contributed by atoms with Gasteiger partial charge in [0.2, 0.25) is 0 Å². The number of cyclic esters (lactones) is 1. The van der Waals surface area contributed by atoms with Crippen molar-refractivity contribution in [3.05, 3.63) is 108 Å². The van der Waals surface area contributed by atoms with E-state index >= 15 is 0 Å². The van der Waals surface area contributed by atoms with E-state index in [1.807, 2.05) is 98.9 Å². The van der Waals surface area contributed by atoms with Gasteiger partial charge in [-0.25, -0.2) is 0 Å². The van der Waals surface area contributed by atoms with Crippen LogP contribution in [0.2, 0.25) is 0 Å². The third-order valence-corrected chi connectivity index (χ3v) is 11.2. The van der Waals surface area contributed by atoms with Gasteiger partial charge in [0.25, 0.3) is 0 Å². The van der Waals surface area contributed by atoms with Crippen LogP contribution in [0.1, 0.15) is 106 Å². The van der Waals surface area contributed by atoms with Crippen molar-refractivity contribution in [1.82, 2.24) is 0 Å². The van der Waals surface area contributed by atoms with Gasteiger partial charge in [0.1, 0.15) is 6.10 Å².